The molecule has 0 heterocycles. The normalized spacial score (nSPS) is 11.4. The summed E-state index contributed by atoms with van der Waals surface area (Å²) >= 11 is 0. The van der Waals surface area contributed by atoms with Crippen molar-refractivity contribution in [2.24, 2.45) is 0 Å². The van der Waals surface area contributed by atoms with Crippen LogP contribution >= 0.6 is 0 Å². The number of benzene rings is 2. The van der Waals surface area contributed by atoms with Crippen LogP contribution in [0.15, 0.2) is 42.5 Å². The van der Waals surface area contributed by atoms with E-state index in [1.165, 1.54) is 64.2 Å². The standard InChI is InChI=1S/C43H68O10/c1-4-5-6-7-8-9-10-11-12-13-14-15-24-53-43(44)40-21-18-38(19-22-40)16-17-39-20-23-41(51-35-33-49-31-29-47-27-25-45-2)42(37-39)52-36-34-50-32-30-48-28-26-46-3/h16-23,37H,4-15,24-36H2,1-3H3. The van der Waals surface area contributed by atoms with Gasteiger partial charge in [-0.2, -0.15) is 0 Å². The summed E-state index contributed by atoms with van der Waals surface area (Å²) < 4.78 is 49.7. The maximum atomic E-state index is 12.6. The molecule has 0 aliphatic heterocycles. The third-order valence-electron chi connectivity index (χ3n) is 8.39. The van der Waals surface area contributed by atoms with Gasteiger partial charge in [0.15, 0.2) is 11.5 Å². The van der Waals surface area contributed by atoms with E-state index < -0.39 is 0 Å². The van der Waals surface area contributed by atoms with Gasteiger partial charge in [0.2, 0.25) is 0 Å². The summed E-state index contributed by atoms with van der Waals surface area (Å²) in [6, 6.07) is 13.3. The van der Waals surface area contributed by atoms with Crippen LogP contribution in [0.2, 0.25) is 0 Å². The fourth-order valence-corrected chi connectivity index (χ4v) is 5.32. The number of ether oxygens (including phenoxy) is 9. The van der Waals surface area contributed by atoms with Gasteiger partial charge >= 0.3 is 5.97 Å². The Morgan fingerprint density at radius 3 is 1.43 bits per heavy atom. The van der Waals surface area contributed by atoms with Crippen LogP contribution in [0.25, 0.3) is 12.2 Å². The maximum Gasteiger partial charge on any atom is 0.338 e. The number of unbranched alkanes of at least 4 members (excludes halogenated alkanes) is 11. The van der Waals surface area contributed by atoms with Gasteiger partial charge in [0.05, 0.1) is 78.2 Å². The van der Waals surface area contributed by atoms with E-state index in [2.05, 4.69) is 6.92 Å². The predicted octanol–water partition coefficient (Wildman–Crippen LogP) is 8.83. The Balaban J connectivity index is 1.77. The predicted molar refractivity (Wildman–Crippen MR) is 211 cm³/mol. The van der Waals surface area contributed by atoms with Gasteiger partial charge in [0.25, 0.3) is 0 Å². The summed E-state index contributed by atoms with van der Waals surface area (Å²) in [5.41, 5.74) is 2.47. The topological polar surface area (TPSA) is 100 Å². The van der Waals surface area contributed by atoms with Crippen LogP contribution in [0, 0.1) is 0 Å². The first-order valence-corrected chi connectivity index (χ1v) is 19.8. The highest BCUT2D eigenvalue weighted by molar-refractivity contribution is 5.89. The molecule has 0 spiro atoms. The molecule has 300 valence electrons. The zero-order valence-electron chi connectivity index (χ0n) is 33.0. The van der Waals surface area contributed by atoms with E-state index in [1.807, 2.05) is 54.6 Å². The monoisotopic (exact) mass is 744 g/mol. The molecule has 0 aromatic heterocycles. The van der Waals surface area contributed by atoms with Crippen molar-refractivity contribution in [1.29, 1.82) is 0 Å². The number of rotatable bonds is 36. The lowest BCUT2D eigenvalue weighted by atomic mass is 10.1. The maximum absolute atomic E-state index is 12.6. The molecule has 0 fully saturated rings. The van der Waals surface area contributed by atoms with E-state index in [-0.39, 0.29) is 5.97 Å². The fraction of sp³-hybridized carbons (Fsp3) is 0.651. The van der Waals surface area contributed by atoms with Crippen LogP contribution in [0.3, 0.4) is 0 Å². The Morgan fingerprint density at radius 1 is 0.472 bits per heavy atom. The average Bonchev–Trinajstić information content (AvgIpc) is 3.18. The minimum atomic E-state index is -0.274. The lowest BCUT2D eigenvalue weighted by Gasteiger charge is -2.14. The summed E-state index contributed by atoms with van der Waals surface area (Å²) in [7, 11) is 3.29. The molecule has 0 N–H and O–H groups in total. The number of carbonyl (C=O) groups excluding carboxylic acids is 1. The first kappa shape index (κ1) is 46.2. The molecule has 0 unspecified atom stereocenters. The third kappa shape index (κ3) is 24.9. The second kappa shape index (κ2) is 33.6. The summed E-state index contributed by atoms with van der Waals surface area (Å²) in [6.07, 6.45) is 19.3. The highest BCUT2D eigenvalue weighted by Crippen LogP contribution is 2.29. The zero-order chi connectivity index (χ0) is 37.9. The highest BCUT2D eigenvalue weighted by Gasteiger charge is 2.09. The third-order valence-corrected chi connectivity index (χ3v) is 8.39. The minimum absolute atomic E-state index is 0.274. The van der Waals surface area contributed by atoms with E-state index in [4.69, 9.17) is 42.6 Å². The molecule has 0 amide bonds. The molecule has 0 saturated heterocycles. The molecular formula is C43H68O10. The van der Waals surface area contributed by atoms with E-state index in [1.54, 1.807) is 14.2 Å². The molecule has 2 aromatic carbocycles. The van der Waals surface area contributed by atoms with Crippen LogP contribution in [-0.2, 0) is 33.2 Å². The van der Waals surface area contributed by atoms with Gasteiger partial charge in [-0.05, 0) is 41.8 Å². The molecule has 10 heteroatoms. The summed E-state index contributed by atoms with van der Waals surface area (Å²) in [5, 5.41) is 0. The Bertz CT molecular complexity index is 1170. The number of esters is 1. The molecule has 0 atom stereocenters. The second-order valence-corrected chi connectivity index (χ2v) is 12.8. The van der Waals surface area contributed by atoms with Crippen molar-refractivity contribution in [3.63, 3.8) is 0 Å². The van der Waals surface area contributed by atoms with Crippen molar-refractivity contribution in [2.75, 3.05) is 100 Å². The molecule has 2 aromatic rings. The summed E-state index contributed by atoms with van der Waals surface area (Å²) in [6.45, 7) is 8.44. The molecular weight excluding hydrogens is 676 g/mol. The largest absolute Gasteiger partial charge is 0.487 e. The van der Waals surface area contributed by atoms with Crippen molar-refractivity contribution in [1.82, 2.24) is 0 Å². The van der Waals surface area contributed by atoms with Crippen LogP contribution in [0.4, 0.5) is 0 Å². The van der Waals surface area contributed by atoms with Crippen LogP contribution in [-0.4, -0.2) is 106 Å². The van der Waals surface area contributed by atoms with Gasteiger partial charge in [-0.1, -0.05) is 108 Å². The van der Waals surface area contributed by atoms with Crippen molar-refractivity contribution in [3.8, 4) is 11.5 Å². The summed E-state index contributed by atoms with van der Waals surface area (Å²) in [5.74, 6) is 0.960. The van der Waals surface area contributed by atoms with Gasteiger partial charge in [-0.25, -0.2) is 4.79 Å². The smallest absolute Gasteiger partial charge is 0.338 e. The Morgan fingerprint density at radius 2 is 0.906 bits per heavy atom. The van der Waals surface area contributed by atoms with Crippen molar-refractivity contribution < 1.29 is 47.4 Å². The van der Waals surface area contributed by atoms with Crippen molar-refractivity contribution in [2.45, 2.75) is 84.0 Å². The number of hydrogen-bond donors (Lipinski definition) is 0. The van der Waals surface area contributed by atoms with Crippen LogP contribution < -0.4 is 9.47 Å². The van der Waals surface area contributed by atoms with Gasteiger partial charge in [0.1, 0.15) is 13.2 Å². The van der Waals surface area contributed by atoms with Gasteiger partial charge in [0, 0.05) is 14.2 Å². The van der Waals surface area contributed by atoms with Crippen LogP contribution in [0.5, 0.6) is 11.5 Å². The van der Waals surface area contributed by atoms with Crippen LogP contribution in [0.1, 0.15) is 105 Å². The molecule has 0 saturated carbocycles. The van der Waals surface area contributed by atoms with Crippen molar-refractivity contribution in [3.05, 3.63) is 59.2 Å². The fourth-order valence-electron chi connectivity index (χ4n) is 5.32. The first-order chi connectivity index (χ1) is 26.2. The average molecular weight is 745 g/mol. The van der Waals surface area contributed by atoms with E-state index >= 15 is 0 Å². The first-order valence-electron chi connectivity index (χ1n) is 19.8. The molecule has 53 heavy (non-hydrogen) atoms. The number of methoxy groups -OCH3 is 2. The summed E-state index contributed by atoms with van der Waals surface area (Å²) in [4.78, 5) is 12.6. The van der Waals surface area contributed by atoms with Crippen molar-refractivity contribution >= 4 is 18.1 Å². The van der Waals surface area contributed by atoms with E-state index in [0.717, 1.165) is 24.0 Å². The quantitative estimate of drug-likeness (QED) is 0.0382. The molecule has 0 radical (unpaired) electrons. The Kier molecular flexibility index (Phi) is 29.2. The van der Waals surface area contributed by atoms with Gasteiger partial charge in [-0.15, -0.1) is 0 Å². The van der Waals surface area contributed by atoms with Gasteiger partial charge in [-0.3, -0.25) is 0 Å². The second-order valence-electron chi connectivity index (χ2n) is 12.8. The van der Waals surface area contributed by atoms with E-state index in [0.29, 0.717) is 103 Å². The highest BCUT2D eigenvalue weighted by atomic mass is 16.6. The Hall–Kier alpha value is -2.99. The SMILES string of the molecule is CCCCCCCCCCCCCCOC(=O)c1ccc(C=Cc2ccc(OCCOCCOCCOC)c(OCCOCCOCCOC)c2)cc1. The molecule has 0 aliphatic carbocycles. The zero-order valence-corrected chi connectivity index (χ0v) is 33.0. The Labute approximate surface area is 319 Å². The number of carbonyl (C=O) groups is 1. The lowest BCUT2D eigenvalue weighted by molar-refractivity contribution is 0.0160. The molecule has 0 bridgehead atoms. The molecule has 2 rings (SSSR count). The lowest BCUT2D eigenvalue weighted by Crippen LogP contribution is -2.14. The van der Waals surface area contributed by atoms with Gasteiger partial charge < -0.3 is 42.6 Å². The number of hydrogen-bond acceptors (Lipinski definition) is 10. The van der Waals surface area contributed by atoms with E-state index in [9.17, 15) is 4.79 Å². The minimum Gasteiger partial charge on any atom is -0.487 e. The molecule has 10 nitrogen and oxygen atoms in total. The molecule has 0 aliphatic rings.